The van der Waals surface area contributed by atoms with Crippen LogP contribution in [0.25, 0.3) is 0 Å². The molecule has 0 amide bonds. The smallest absolute Gasteiger partial charge is 0.304 e. The fourth-order valence-electron chi connectivity index (χ4n) is 3.48. The van der Waals surface area contributed by atoms with Gasteiger partial charge in [0.25, 0.3) is 0 Å². The van der Waals surface area contributed by atoms with E-state index in [1.54, 1.807) is 0 Å². The van der Waals surface area contributed by atoms with Gasteiger partial charge in [-0.05, 0) is 24.5 Å². The third-order valence-corrected chi connectivity index (χ3v) is 4.29. The van der Waals surface area contributed by atoms with E-state index < -0.39 is 5.97 Å². The van der Waals surface area contributed by atoms with Gasteiger partial charge in [0.15, 0.2) is 0 Å². The van der Waals surface area contributed by atoms with E-state index >= 15 is 0 Å². The number of fused-ring (bicyclic) bond motifs is 1. The van der Waals surface area contributed by atoms with Crippen LogP contribution in [0.15, 0.2) is 24.3 Å². The molecule has 1 saturated carbocycles. The van der Waals surface area contributed by atoms with Crippen LogP contribution in [0, 0.1) is 0 Å². The molecule has 3 rings (SSSR count). The molecule has 1 unspecified atom stereocenters. The van der Waals surface area contributed by atoms with Crippen LogP contribution in [0.5, 0.6) is 0 Å². The molecule has 3 heteroatoms. The zero-order valence-electron chi connectivity index (χ0n) is 10.5. The van der Waals surface area contributed by atoms with Gasteiger partial charge in [0, 0.05) is 24.2 Å². The van der Waals surface area contributed by atoms with E-state index in [0.29, 0.717) is 6.04 Å². The Hall–Kier alpha value is -1.51. The van der Waals surface area contributed by atoms with Crippen LogP contribution in [0.4, 0.5) is 5.69 Å². The number of benzene rings is 1. The summed E-state index contributed by atoms with van der Waals surface area (Å²) >= 11 is 0. The van der Waals surface area contributed by atoms with Crippen molar-refractivity contribution in [3.05, 3.63) is 29.8 Å². The standard InChI is InChI=1S/C15H19NO2/c17-15(18)9-11-10-16(12-5-1-2-6-12)14-8-4-3-7-13(11)14/h3-4,7-8,11-12H,1-2,5-6,9-10H2,(H,17,18). The van der Waals surface area contributed by atoms with Crippen molar-refractivity contribution >= 4 is 11.7 Å². The molecule has 1 N–H and O–H groups in total. The van der Waals surface area contributed by atoms with E-state index in [2.05, 4.69) is 23.1 Å². The van der Waals surface area contributed by atoms with E-state index in [1.807, 2.05) is 6.07 Å². The van der Waals surface area contributed by atoms with Crippen LogP contribution in [-0.2, 0) is 4.79 Å². The van der Waals surface area contributed by atoms with E-state index in [9.17, 15) is 4.79 Å². The van der Waals surface area contributed by atoms with E-state index in [-0.39, 0.29) is 12.3 Å². The maximum Gasteiger partial charge on any atom is 0.304 e. The number of hydrogen-bond donors (Lipinski definition) is 1. The zero-order chi connectivity index (χ0) is 12.5. The van der Waals surface area contributed by atoms with E-state index in [1.165, 1.54) is 36.9 Å². The summed E-state index contributed by atoms with van der Waals surface area (Å²) in [4.78, 5) is 13.4. The monoisotopic (exact) mass is 245 g/mol. The lowest BCUT2D eigenvalue weighted by Crippen LogP contribution is -2.32. The quantitative estimate of drug-likeness (QED) is 0.890. The molecule has 1 aliphatic carbocycles. The Bertz CT molecular complexity index is 452. The van der Waals surface area contributed by atoms with Gasteiger partial charge in [-0.25, -0.2) is 0 Å². The average molecular weight is 245 g/mol. The topological polar surface area (TPSA) is 40.5 Å². The summed E-state index contributed by atoms with van der Waals surface area (Å²) < 4.78 is 0. The largest absolute Gasteiger partial charge is 0.481 e. The Labute approximate surface area is 107 Å². The Morgan fingerprint density at radius 2 is 2.00 bits per heavy atom. The number of carbonyl (C=O) groups is 1. The van der Waals surface area contributed by atoms with E-state index in [0.717, 1.165) is 6.54 Å². The number of hydrogen-bond acceptors (Lipinski definition) is 2. The van der Waals surface area contributed by atoms with Crippen LogP contribution in [0.2, 0.25) is 0 Å². The minimum absolute atomic E-state index is 0.166. The van der Waals surface area contributed by atoms with Gasteiger partial charge in [-0.3, -0.25) is 4.79 Å². The number of carboxylic acid groups (broad SMARTS) is 1. The molecule has 0 radical (unpaired) electrons. The van der Waals surface area contributed by atoms with Gasteiger partial charge in [-0.1, -0.05) is 31.0 Å². The zero-order valence-corrected chi connectivity index (χ0v) is 10.5. The average Bonchev–Trinajstić information content (AvgIpc) is 2.96. The summed E-state index contributed by atoms with van der Waals surface area (Å²) in [5, 5.41) is 9.03. The first kappa shape index (κ1) is 11.6. The second kappa shape index (κ2) is 4.63. The number of rotatable bonds is 3. The van der Waals surface area contributed by atoms with Crippen LogP contribution in [0.1, 0.15) is 43.6 Å². The van der Waals surface area contributed by atoms with Crippen LogP contribution in [-0.4, -0.2) is 23.7 Å². The fourth-order valence-corrected chi connectivity index (χ4v) is 3.48. The molecule has 1 atom stereocenters. The van der Waals surface area contributed by atoms with Gasteiger partial charge < -0.3 is 10.0 Å². The number of carboxylic acids is 1. The van der Waals surface area contributed by atoms with Crippen molar-refractivity contribution in [2.75, 3.05) is 11.4 Å². The lowest BCUT2D eigenvalue weighted by Gasteiger charge is -2.27. The summed E-state index contributed by atoms with van der Waals surface area (Å²) in [6.07, 6.45) is 5.39. The molecule has 1 aromatic rings. The van der Waals surface area contributed by atoms with Gasteiger partial charge in [0.2, 0.25) is 0 Å². The van der Waals surface area contributed by atoms with Gasteiger partial charge in [-0.2, -0.15) is 0 Å². The minimum atomic E-state index is -0.692. The third-order valence-electron chi connectivity index (χ3n) is 4.29. The molecule has 0 aromatic heterocycles. The first-order valence-corrected chi connectivity index (χ1v) is 6.83. The second-order valence-corrected chi connectivity index (χ2v) is 5.44. The molecule has 18 heavy (non-hydrogen) atoms. The molecule has 1 aliphatic heterocycles. The minimum Gasteiger partial charge on any atom is -0.481 e. The van der Waals surface area contributed by atoms with Crippen molar-refractivity contribution in [2.24, 2.45) is 0 Å². The van der Waals surface area contributed by atoms with Crippen LogP contribution >= 0.6 is 0 Å². The van der Waals surface area contributed by atoms with Crippen LogP contribution in [0.3, 0.4) is 0 Å². The summed E-state index contributed by atoms with van der Waals surface area (Å²) in [5.74, 6) is -0.526. The van der Waals surface area contributed by atoms with Gasteiger partial charge in [0.1, 0.15) is 0 Å². The number of para-hydroxylation sites is 1. The maximum absolute atomic E-state index is 11.0. The molecule has 3 nitrogen and oxygen atoms in total. The van der Waals surface area contributed by atoms with Crippen molar-refractivity contribution in [1.82, 2.24) is 0 Å². The lowest BCUT2D eigenvalue weighted by molar-refractivity contribution is -0.137. The predicted octanol–water partition coefficient (Wildman–Crippen LogP) is 3.01. The van der Waals surface area contributed by atoms with Crippen molar-refractivity contribution < 1.29 is 9.90 Å². The molecule has 0 spiro atoms. The first-order chi connectivity index (χ1) is 8.75. The molecule has 0 saturated heterocycles. The third kappa shape index (κ3) is 1.98. The molecule has 96 valence electrons. The fraction of sp³-hybridized carbons (Fsp3) is 0.533. The first-order valence-electron chi connectivity index (χ1n) is 6.83. The van der Waals surface area contributed by atoms with Crippen molar-refractivity contribution in [3.63, 3.8) is 0 Å². The number of nitrogens with zero attached hydrogens (tertiary/aromatic N) is 1. The van der Waals surface area contributed by atoms with Crippen LogP contribution < -0.4 is 4.90 Å². The van der Waals surface area contributed by atoms with Gasteiger partial charge >= 0.3 is 5.97 Å². The van der Waals surface area contributed by atoms with Crippen molar-refractivity contribution in [1.29, 1.82) is 0 Å². The van der Waals surface area contributed by atoms with Gasteiger partial charge in [0.05, 0.1) is 6.42 Å². The highest BCUT2D eigenvalue weighted by atomic mass is 16.4. The van der Waals surface area contributed by atoms with Crippen molar-refractivity contribution in [3.8, 4) is 0 Å². The SMILES string of the molecule is O=C(O)CC1CN(C2CCCC2)c2ccccc21. The maximum atomic E-state index is 11.0. The lowest BCUT2D eigenvalue weighted by atomic mass is 9.98. The highest BCUT2D eigenvalue weighted by Gasteiger charge is 2.34. The summed E-state index contributed by atoms with van der Waals surface area (Å²) in [5.41, 5.74) is 2.50. The Morgan fingerprint density at radius 3 is 2.72 bits per heavy atom. The molecular formula is C15H19NO2. The highest BCUT2D eigenvalue weighted by molar-refractivity contribution is 5.71. The predicted molar refractivity (Wildman–Crippen MR) is 71.0 cm³/mol. The summed E-state index contributed by atoms with van der Waals surface area (Å²) in [6, 6.07) is 8.95. The molecule has 1 fully saturated rings. The second-order valence-electron chi connectivity index (χ2n) is 5.44. The normalized spacial score (nSPS) is 23.3. The Balaban J connectivity index is 1.88. The van der Waals surface area contributed by atoms with Crippen molar-refractivity contribution in [2.45, 2.75) is 44.1 Å². The molecular weight excluding hydrogens is 226 g/mol. The summed E-state index contributed by atoms with van der Waals surface area (Å²) in [6.45, 7) is 0.885. The molecule has 1 heterocycles. The Morgan fingerprint density at radius 1 is 1.28 bits per heavy atom. The number of aliphatic carboxylic acids is 1. The van der Waals surface area contributed by atoms with E-state index in [4.69, 9.17) is 5.11 Å². The Kier molecular flexibility index (Phi) is 2.98. The molecule has 2 aliphatic rings. The highest BCUT2D eigenvalue weighted by Crippen LogP contribution is 2.41. The number of anilines is 1. The summed E-state index contributed by atoms with van der Waals surface area (Å²) in [7, 11) is 0. The molecule has 1 aromatic carbocycles. The molecule has 0 bridgehead atoms. The van der Waals surface area contributed by atoms with Gasteiger partial charge in [-0.15, -0.1) is 0 Å².